The standard InChI is InChI=1S/C60H72ClF3N8O7S3/c1-58(2,3)79-57(74)72-35-31-70(32-36-72)42-59(4)25-22-52(43-12-16-47(61)17-13-43)46(38-59)39-69-29-33-71(34-30-69)49-18-14-45(15-19-49)56(73)67-82(77,78)51-20-21-53(55(37-51)81(75,76)60(62,63)64)66-48(41-80-50-10-6-5-7-11-50)24-28-68-27-23-44-9-8-26-65-54(44)40-68/h5-21,26,37,48,66H,22-25,27-36,38-42H2,1-4H3,(H,67,73)/t48?,59-/m1/s1. The molecule has 0 radical (unpaired) electrons. The van der Waals surface area contributed by atoms with Crippen molar-refractivity contribution in [3.05, 3.63) is 148 Å². The molecule has 9 rings (SSSR count). The van der Waals surface area contributed by atoms with E-state index in [4.69, 9.17) is 16.3 Å². The van der Waals surface area contributed by atoms with Crippen molar-refractivity contribution in [3.8, 4) is 0 Å². The number of rotatable bonds is 18. The number of hydrogen-bond donors (Lipinski definition) is 2. The van der Waals surface area contributed by atoms with Crippen molar-refractivity contribution >= 4 is 72.2 Å². The van der Waals surface area contributed by atoms with Gasteiger partial charge in [-0.25, -0.2) is 26.4 Å². The SMILES string of the molecule is CC(C)(C)OC(=O)N1CCN(C[C@]2(C)CCC(c3ccc(Cl)cc3)=C(CN3CCN(c4ccc(C(=O)NS(=O)(=O)c5ccc(NC(CCN6CCc7cccnc7C6)CSc6ccccc6)c(S(=O)(=O)C(F)(F)F)c5)cc4)CC3)C2)CC1. The minimum absolute atomic E-state index is 0.0222. The minimum Gasteiger partial charge on any atom is -0.444 e. The number of nitrogens with one attached hydrogen (secondary N) is 2. The van der Waals surface area contributed by atoms with E-state index < -0.39 is 58.4 Å². The van der Waals surface area contributed by atoms with E-state index >= 15 is 0 Å². The van der Waals surface area contributed by atoms with Gasteiger partial charge in [-0.1, -0.05) is 60.5 Å². The molecule has 15 nitrogen and oxygen atoms in total. The van der Waals surface area contributed by atoms with E-state index in [1.807, 2.05) is 80.1 Å². The molecule has 2 amide bonds. The molecule has 5 aromatic rings. The van der Waals surface area contributed by atoms with Crippen molar-refractivity contribution in [2.24, 2.45) is 5.41 Å². The number of anilines is 2. The van der Waals surface area contributed by atoms with E-state index in [9.17, 15) is 39.6 Å². The summed E-state index contributed by atoms with van der Waals surface area (Å²) >= 11 is 7.77. The maximum atomic E-state index is 14.4. The van der Waals surface area contributed by atoms with Crippen LogP contribution in [0.3, 0.4) is 0 Å². The average molecular weight is 1210 g/mol. The summed E-state index contributed by atoms with van der Waals surface area (Å²) in [7, 11) is -11.0. The number of piperazine rings is 2. The Bertz CT molecular complexity index is 3320. The van der Waals surface area contributed by atoms with Crippen molar-refractivity contribution in [1.29, 1.82) is 0 Å². The van der Waals surface area contributed by atoms with Crippen molar-refractivity contribution in [3.63, 3.8) is 0 Å². The molecule has 4 aliphatic rings. The molecule has 2 N–H and O–H groups in total. The fourth-order valence-electron chi connectivity index (χ4n) is 11.3. The van der Waals surface area contributed by atoms with E-state index in [2.05, 4.69) is 49.0 Å². The van der Waals surface area contributed by atoms with Crippen LogP contribution in [0.5, 0.6) is 0 Å². The van der Waals surface area contributed by atoms with E-state index in [0.29, 0.717) is 62.5 Å². The number of thioether (sulfide) groups is 1. The molecule has 1 aromatic heterocycles. The molecular formula is C60H72ClF3N8O7S3. The molecule has 0 bridgehead atoms. The van der Waals surface area contributed by atoms with Crippen LogP contribution in [-0.4, -0.2) is 155 Å². The highest BCUT2D eigenvalue weighted by Crippen LogP contribution is 2.44. The number of aromatic nitrogens is 1. The first-order valence-electron chi connectivity index (χ1n) is 27.8. The van der Waals surface area contributed by atoms with Crippen LogP contribution in [0.15, 0.2) is 136 Å². The molecule has 2 atom stereocenters. The van der Waals surface area contributed by atoms with Crippen LogP contribution < -0.4 is 14.9 Å². The number of pyridine rings is 1. The quantitative estimate of drug-likeness (QED) is 0.0796. The van der Waals surface area contributed by atoms with Gasteiger partial charge in [0, 0.05) is 124 Å². The molecule has 2 saturated heterocycles. The van der Waals surface area contributed by atoms with Crippen LogP contribution in [-0.2, 0) is 37.6 Å². The number of halogens is 4. The monoisotopic (exact) mass is 1200 g/mol. The fourth-order valence-corrected chi connectivity index (χ4v) is 14.4. The molecule has 1 aliphatic carbocycles. The van der Waals surface area contributed by atoms with Gasteiger partial charge < -0.3 is 19.9 Å². The Morgan fingerprint density at radius 2 is 1.50 bits per heavy atom. The number of hydrogen-bond acceptors (Lipinski definition) is 14. The third-order valence-electron chi connectivity index (χ3n) is 15.6. The van der Waals surface area contributed by atoms with E-state index in [1.54, 1.807) is 23.2 Å². The van der Waals surface area contributed by atoms with Gasteiger partial charge in [-0.15, -0.1) is 11.8 Å². The third-order valence-corrected chi connectivity index (χ3v) is 19.9. The Morgan fingerprint density at radius 3 is 2.18 bits per heavy atom. The zero-order chi connectivity index (χ0) is 58.5. The highest BCUT2D eigenvalue weighted by atomic mass is 35.5. The summed E-state index contributed by atoms with van der Waals surface area (Å²) in [5.74, 6) is -0.699. The molecule has 2 fully saturated rings. The van der Waals surface area contributed by atoms with Crippen molar-refractivity contribution in [2.75, 3.05) is 94.5 Å². The number of amides is 2. The molecule has 4 heterocycles. The van der Waals surface area contributed by atoms with Crippen LogP contribution in [0.25, 0.3) is 5.57 Å². The Kier molecular flexibility index (Phi) is 19.1. The maximum absolute atomic E-state index is 14.4. The summed E-state index contributed by atoms with van der Waals surface area (Å²) in [6, 6.07) is 29.7. The van der Waals surface area contributed by atoms with Gasteiger partial charge in [-0.2, -0.15) is 13.2 Å². The van der Waals surface area contributed by atoms with Gasteiger partial charge in [0.05, 0.1) is 16.3 Å². The zero-order valence-corrected chi connectivity index (χ0v) is 50.0. The Balaban J connectivity index is 0.834. The lowest BCUT2D eigenvalue weighted by Crippen LogP contribution is -2.52. The summed E-state index contributed by atoms with van der Waals surface area (Å²) in [6.07, 6.45) is 5.53. The minimum atomic E-state index is -6.10. The topological polar surface area (TPSA) is 165 Å². The smallest absolute Gasteiger partial charge is 0.444 e. The first-order valence-corrected chi connectivity index (χ1v) is 32.1. The first-order chi connectivity index (χ1) is 38.9. The van der Waals surface area contributed by atoms with Gasteiger partial charge >= 0.3 is 11.6 Å². The molecule has 0 saturated carbocycles. The average Bonchev–Trinajstić information content (AvgIpc) is 2.94. The molecule has 22 heteroatoms. The number of carbonyl (C=O) groups excluding carboxylic acids is 2. The normalized spacial score (nSPS) is 19.4. The van der Waals surface area contributed by atoms with Crippen LogP contribution in [0, 0.1) is 5.41 Å². The van der Waals surface area contributed by atoms with Crippen LogP contribution in [0.4, 0.5) is 29.3 Å². The largest absolute Gasteiger partial charge is 0.501 e. The summed E-state index contributed by atoms with van der Waals surface area (Å²) in [6.45, 7) is 17.3. The lowest BCUT2D eigenvalue weighted by Gasteiger charge is -2.44. The Hall–Kier alpha value is -5.68. The van der Waals surface area contributed by atoms with Crippen molar-refractivity contribution in [2.45, 2.75) is 98.2 Å². The van der Waals surface area contributed by atoms with Gasteiger partial charge in [-0.3, -0.25) is 24.5 Å². The number of carbonyl (C=O) groups is 2. The fraction of sp³-hybridized carbons (Fsp3) is 0.450. The summed E-state index contributed by atoms with van der Waals surface area (Å²) in [5, 5.41) is 3.72. The number of nitrogens with zero attached hydrogens (tertiary/aromatic N) is 6. The van der Waals surface area contributed by atoms with Gasteiger partial charge in [-0.05, 0) is 148 Å². The summed E-state index contributed by atoms with van der Waals surface area (Å²) in [5.41, 5.74) is 0.124. The molecule has 1 unspecified atom stereocenters. The lowest BCUT2D eigenvalue weighted by molar-refractivity contribution is -0.0436. The summed E-state index contributed by atoms with van der Waals surface area (Å²) < 4.78 is 105. The van der Waals surface area contributed by atoms with E-state index in [-0.39, 0.29) is 17.1 Å². The third kappa shape index (κ3) is 15.5. The second kappa shape index (κ2) is 25.7. The van der Waals surface area contributed by atoms with Gasteiger partial charge in [0.15, 0.2) is 0 Å². The Labute approximate surface area is 489 Å². The van der Waals surface area contributed by atoms with Crippen LogP contribution >= 0.6 is 23.4 Å². The van der Waals surface area contributed by atoms with Crippen molar-refractivity contribution in [1.82, 2.24) is 29.3 Å². The van der Waals surface area contributed by atoms with Crippen LogP contribution in [0.2, 0.25) is 5.02 Å². The molecular weight excluding hydrogens is 1130 g/mol. The van der Waals surface area contributed by atoms with Gasteiger partial charge in [0.1, 0.15) is 10.5 Å². The number of sulfone groups is 1. The second-order valence-electron chi connectivity index (χ2n) is 23.1. The van der Waals surface area contributed by atoms with Gasteiger partial charge in [0.2, 0.25) is 0 Å². The molecule has 3 aliphatic heterocycles. The van der Waals surface area contributed by atoms with Gasteiger partial charge in [0.25, 0.3) is 25.8 Å². The molecule has 82 heavy (non-hydrogen) atoms. The Morgan fingerprint density at radius 1 is 0.805 bits per heavy atom. The number of allylic oxidation sites excluding steroid dienone is 1. The van der Waals surface area contributed by atoms with E-state index in [1.165, 1.54) is 40.6 Å². The van der Waals surface area contributed by atoms with E-state index in [0.717, 1.165) is 105 Å². The number of sulfonamides is 1. The number of alkyl halides is 3. The number of ether oxygens (including phenoxy) is 1. The highest BCUT2D eigenvalue weighted by molar-refractivity contribution is 7.99. The molecule has 440 valence electrons. The van der Waals surface area contributed by atoms with Crippen molar-refractivity contribution < 1.29 is 44.3 Å². The molecule has 0 spiro atoms. The maximum Gasteiger partial charge on any atom is 0.501 e. The predicted molar refractivity (Wildman–Crippen MR) is 316 cm³/mol. The lowest BCUT2D eigenvalue weighted by atomic mass is 9.71. The summed E-state index contributed by atoms with van der Waals surface area (Å²) in [4.78, 5) is 40.8. The molecule has 4 aromatic carbocycles. The number of benzene rings is 4. The zero-order valence-electron chi connectivity index (χ0n) is 46.8. The highest BCUT2D eigenvalue weighted by Gasteiger charge is 2.49. The first kappa shape index (κ1) is 60.9. The second-order valence-corrected chi connectivity index (χ2v) is 28.2. The predicted octanol–water partition coefficient (Wildman–Crippen LogP) is 10.5. The van der Waals surface area contributed by atoms with Crippen LogP contribution in [0.1, 0.15) is 80.6 Å². The number of fused-ring (bicyclic) bond motifs is 1.